The van der Waals surface area contributed by atoms with E-state index in [1.165, 1.54) is 11.1 Å². The summed E-state index contributed by atoms with van der Waals surface area (Å²) in [7, 11) is 0. The average Bonchev–Trinajstić information content (AvgIpc) is 2.93. The van der Waals surface area contributed by atoms with Gasteiger partial charge in [0.2, 0.25) is 0 Å². The van der Waals surface area contributed by atoms with Crippen molar-refractivity contribution < 1.29 is 4.79 Å². The molecule has 22 heavy (non-hydrogen) atoms. The number of rotatable bonds is 5. The molecule has 0 aliphatic heterocycles. The van der Waals surface area contributed by atoms with E-state index in [1.54, 1.807) is 0 Å². The highest BCUT2D eigenvalue weighted by molar-refractivity contribution is 5.83. The third-order valence-corrected chi connectivity index (χ3v) is 4.29. The Kier molecular flexibility index (Phi) is 4.05. The molecule has 0 bridgehead atoms. The quantitative estimate of drug-likeness (QED) is 0.653. The van der Waals surface area contributed by atoms with Crippen LogP contribution in [-0.2, 0) is 6.54 Å². The summed E-state index contributed by atoms with van der Waals surface area (Å²) in [6.45, 7) is 5.10. The molecule has 0 fully saturated rings. The topological polar surface area (TPSA) is 34.9 Å². The van der Waals surface area contributed by atoms with Crippen LogP contribution in [0, 0.1) is 0 Å². The van der Waals surface area contributed by atoms with E-state index in [0.717, 1.165) is 23.7 Å². The Balaban J connectivity index is 1.94. The van der Waals surface area contributed by atoms with Gasteiger partial charge in [0, 0.05) is 6.54 Å². The maximum absolute atomic E-state index is 11.3. The van der Waals surface area contributed by atoms with Crippen molar-refractivity contribution >= 4 is 17.3 Å². The van der Waals surface area contributed by atoms with Crippen molar-refractivity contribution in [3.8, 4) is 0 Å². The molecule has 0 N–H and O–H groups in total. The number of fused-ring (bicyclic) bond motifs is 1. The Hall–Kier alpha value is -2.42. The van der Waals surface area contributed by atoms with Crippen LogP contribution in [-0.4, -0.2) is 15.8 Å². The lowest BCUT2D eigenvalue weighted by Crippen LogP contribution is -2.04. The maximum Gasteiger partial charge on any atom is 0.185 e. The van der Waals surface area contributed by atoms with Gasteiger partial charge in [-0.15, -0.1) is 0 Å². The van der Waals surface area contributed by atoms with Gasteiger partial charge < -0.3 is 4.57 Å². The van der Waals surface area contributed by atoms with Crippen molar-refractivity contribution in [3.63, 3.8) is 0 Å². The van der Waals surface area contributed by atoms with Crippen molar-refractivity contribution in [2.24, 2.45) is 0 Å². The molecule has 1 aromatic heterocycles. The summed E-state index contributed by atoms with van der Waals surface area (Å²) in [5, 5.41) is 0. The summed E-state index contributed by atoms with van der Waals surface area (Å²) in [4.78, 5) is 15.7. The van der Waals surface area contributed by atoms with Gasteiger partial charge >= 0.3 is 0 Å². The molecule has 3 nitrogen and oxygen atoms in total. The first kappa shape index (κ1) is 14.5. The van der Waals surface area contributed by atoms with Crippen LogP contribution in [0.5, 0.6) is 0 Å². The Morgan fingerprint density at radius 1 is 1.14 bits per heavy atom. The number of nitrogens with zero attached hydrogens (tertiary/aromatic N) is 2. The molecule has 3 heteroatoms. The highest BCUT2D eigenvalue weighted by Gasteiger charge is 2.10. The van der Waals surface area contributed by atoms with E-state index < -0.39 is 0 Å². The van der Waals surface area contributed by atoms with E-state index in [1.807, 2.05) is 28.8 Å². The molecular weight excluding hydrogens is 272 g/mol. The average molecular weight is 292 g/mol. The number of hydrogen-bond acceptors (Lipinski definition) is 2. The van der Waals surface area contributed by atoms with Gasteiger partial charge in [0.1, 0.15) is 0 Å². The minimum atomic E-state index is 0.479. The van der Waals surface area contributed by atoms with E-state index in [4.69, 9.17) is 0 Å². The Morgan fingerprint density at radius 3 is 2.55 bits per heavy atom. The number of carbonyl (C=O) groups is 1. The third kappa shape index (κ3) is 2.67. The SMILES string of the molecule is CC[C@H](C)c1ccc(Cn2c(C=O)nc3ccccc32)cc1. The molecule has 0 spiro atoms. The second-order valence-corrected chi connectivity index (χ2v) is 5.71. The summed E-state index contributed by atoms with van der Waals surface area (Å²) < 4.78 is 1.97. The zero-order valence-electron chi connectivity index (χ0n) is 13.0. The Bertz CT molecular complexity index is 787. The van der Waals surface area contributed by atoms with Crippen LogP contribution in [0.3, 0.4) is 0 Å². The predicted molar refractivity (Wildman–Crippen MR) is 89.4 cm³/mol. The first-order valence-corrected chi connectivity index (χ1v) is 7.72. The van der Waals surface area contributed by atoms with E-state index >= 15 is 0 Å². The number of benzene rings is 2. The lowest BCUT2D eigenvalue weighted by Gasteiger charge is -2.11. The van der Waals surface area contributed by atoms with Gasteiger partial charge in [-0.2, -0.15) is 0 Å². The van der Waals surface area contributed by atoms with Gasteiger partial charge in [0.25, 0.3) is 0 Å². The van der Waals surface area contributed by atoms with E-state index in [9.17, 15) is 4.79 Å². The normalized spacial score (nSPS) is 12.5. The van der Waals surface area contributed by atoms with Crippen LogP contribution in [0.25, 0.3) is 11.0 Å². The molecule has 0 saturated carbocycles. The molecule has 0 aliphatic carbocycles. The molecule has 1 heterocycles. The van der Waals surface area contributed by atoms with Gasteiger partial charge in [-0.1, -0.05) is 50.2 Å². The fraction of sp³-hybridized carbons (Fsp3) is 0.263. The third-order valence-electron chi connectivity index (χ3n) is 4.29. The Labute approximate surface area is 130 Å². The van der Waals surface area contributed by atoms with Crippen LogP contribution in [0.4, 0.5) is 0 Å². The first-order chi connectivity index (χ1) is 10.7. The molecule has 112 valence electrons. The van der Waals surface area contributed by atoms with Gasteiger partial charge in [-0.25, -0.2) is 4.98 Å². The second kappa shape index (κ2) is 6.14. The lowest BCUT2D eigenvalue weighted by atomic mass is 9.98. The van der Waals surface area contributed by atoms with Crippen LogP contribution in [0.1, 0.15) is 47.9 Å². The molecule has 3 rings (SSSR count). The van der Waals surface area contributed by atoms with Crippen molar-refractivity contribution in [2.45, 2.75) is 32.7 Å². The number of carbonyl (C=O) groups excluding carboxylic acids is 1. The molecule has 3 aromatic rings. The highest BCUT2D eigenvalue weighted by Crippen LogP contribution is 2.21. The fourth-order valence-electron chi connectivity index (χ4n) is 2.72. The molecule has 0 saturated heterocycles. The fourth-order valence-corrected chi connectivity index (χ4v) is 2.72. The van der Waals surface area contributed by atoms with E-state index in [2.05, 4.69) is 43.1 Å². The minimum Gasteiger partial charge on any atom is -0.317 e. The number of para-hydroxylation sites is 2. The van der Waals surface area contributed by atoms with E-state index in [-0.39, 0.29) is 0 Å². The number of hydrogen-bond donors (Lipinski definition) is 0. The van der Waals surface area contributed by atoms with Crippen LogP contribution in [0.2, 0.25) is 0 Å². The van der Waals surface area contributed by atoms with Crippen molar-refractivity contribution in [1.82, 2.24) is 9.55 Å². The molecule has 2 aromatic carbocycles. The summed E-state index contributed by atoms with van der Waals surface area (Å²) in [5.41, 5.74) is 4.40. The Morgan fingerprint density at radius 2 is 1.86 bits per heavy atom. The van der Waals surface area contributed by atoms with Gasteiger partial charge in [-0.05, 0) is 35.6 Å². The lowest BCUT2D eigenvalue weighted by molar-refractivity contribution is 0.111. The molecular formula is C19H20N2O. The number of aldehydes is 1. The van der Waals surface area contributed by atoms with Crippen LogP contribution < -0.4 is 0 Å². The largest absolute Gasteiger partial charge is 0.317 e. The molecule has 0 amide bonds. The van der Waals surface area contributed by atoms with Crippen LogP contribution in [0.15, 0.2) is 48.5 Å². The monoisotopic (exact) mass is 292 g/mol. The maximum atomic E-state index is 11.3. The summed E-state index contributed by atoms with van der Waals surface area (Å²) in [6, 6.07) is 16.5. The minimum absolute atomic E-state index is 0.479. The summed E-state index contributed by atoms with van der Waals surface area (Å²) in [5.74, 6) is 1.06. The standard InChI is InChI=1S/C19H20N2O/c1-3-14(2)16-10-8-15(9-11-16)12-21-18-7-5-4-6-17(18)20-19(21)13-22/h4-11,13-14H,3,12H2,1-2H3/t14-/m0/s1. The van der Waals surface area contributed by atoms with Crippen molar-refractivity contribution in [3.05, 3.63) is 65.5 Å². The molecule has 0 radical (unpaired) electrons. The molecule has 0 aliphatic rings. The van der Waals surface area contributed by atoms with Crippen LogP contribution >= 0.6 is 0 Å². The van der Waals surface area contributed by atoms with Gasteiger partial charge in [0.05, 0.1) is 11.0 Å². The van der Waals surface area contributed by atoms with Crippen molar-refractivity contribution in [2.75, 3.05) is 0 Å². The smallest absolute Gasteiger partial charge is 0.185 e. The zero-order valence-corrected chi connectivity index (χ0v) is 13.0. The van der Waals surface area contributed by atoms with Gasteiger partial charge in [0.15, 0.2) is 12.1 Å². The van der Waals surface area contributed by atoms with Gasteiger partial charge in [-0.3, -0.25) is 4.79 Å². The summed E-state index contributed by atoms with van der Waals surface area (Å²) in [6.07, 6.45) is 1.97. The predicted octanol–water partition coefficient (Wildman–Crippen LogP) is 4.41. The van der Waals surface area contributed by atoms with E-state index in [0.29, 0.717) is 18.3 Å². The number of aromatic nitrogens is 2. The zero-order chi connectivity index (χ0) is 15.5. The second-order valence-electron chi connectivity index (χ2n) is 5.71. The van der Waals surface area contributed by atoms with Crippen molar-refractivity contribution in [1.29, 1.82) is 0 Å². The molecule has 1 atom stereocenters. The highest BCUT2D eigenvalue weighted by atomic mass is 16.1. The first-order valence-electron chi connectivity index (χ1n) is 7.72. The number of imidazole rings is 1. The summed E-state index contributed by atoms with van der Waals surface area (Å²) >= 11 is 0. The molecule has 0 unspecified atom stereocenters.